The highest BCUT2D eigenvalue weighted by Gasteiger charge is 2.16. The second-order valence-electron chi connectivity index (χ2n) is 3.79. The molecule has 0 bridgehead atoms. The van der Waals surface area contributed by atoms with E-state index < -0.39 is 0 Å². The normalized spacial score (nSPS) is 17.0. The molecule has 78 valence electrons. The van der Waals surface area contributed by atoms with Gasteiger partial charge >= 0.3 is 0 Å². The average Bonchev–Trinajstić information content (AvgIpc) is 2.37. The molecule has 0 saturated carbocycles. The van der Waals surface area contributed by atoms with Gasteiger partial charge in [-0.25, -0.2) is 4.98 Å². The lowest BCUT2D eigenvalue weighted by molar-refractivity contribution is 0.385. The maximum atomic E-state index is 4.53. The van der Waals surface area contributed by atoms with E-state index in [4.69, 9.17) is 0 Å². The van der Waals surface area contributed by atoms with Gasteiger partial charge in [0, 0.05) is 10.6 Å². The maximum Gasteiger partial charge on any atom is 0.103 e. The van der Waals surface area contributed by atoms with Gasteiger partial charge in [-0.3, -0.25) is 0 Å². The molecule has 2 rings (SSSR count). The number of thioether (sulfide) groups is 1. The molecule has 0 amide bonds. The SMILES string of the molecule is Cc1nc(CSCC2CNC2)sc1C. The number of thiazole rings is 1. The molecule has 1 N–H and O–H groups in total. The molecule has 0 radical (unpaired) electrons. The summed E-state index contributed by atoms with van der Waals surface area (Å²) in [5.74, 6) is 3.28. The Morgan fingerprint density at radius 1 is 1.50 bits per heavy atom. The molecule has 1 aliphatic rings. The van der Waals surface area contributed by atoms with Gasteiger partial charge in [0.05, 0.1) is 5.69 Å². The van der Waals surface area contributed by atoms with Crippen LogP contribution in [0.1, 0.15) is 15.6 Å². The van der Waals surface area contributed by atoms with Gasteiger partial charge in [-0.2, -0.15) is 11.8 Å². The molecule has 2 nitrogen and oxygen atoms in total. The lowest BCUT2D eigenvalue weighted by atomic mass is 10.1. The summed E-state index contributed by atoms with van der Waals surface area (Å²) in [6.07, 6.45) is 0. The lowest BCUT2D eigenvalue weighted by Crippen LogP contribution is -2.43. The number of nitrogens with zero attached hydrogens (tertiary/aromatic N) is 1. The summed E-state index contributed by atoms with van der Waals surface area (Å²) in [6, 6.07) is 0. The van der Waals surface area contributed by atoms with Crippen LogP contribution in [-0.4, -0.2) is 23.8 Å². The highest BCUT2D eigenvalue weighted by Crippen LogP contribution is 2.23. The van der Waals surface area contributed by atoms with Crippen molar-refractivity contribution in [2.45, 2.75) is 19.6 Å². The third-order valence-electron chi connectivity index (χ3n) is 2.52. The molecule has 1 fully saturated rings. The van der Waals surface area contributed by atoms with Crippen molar-refractivity contribution in [3.8, 4) is 0 Å². The summed E-state index contributed by atoms with van der Waals surface area (Å²) in [7, 11) is 0. The Bertz CT molecular complexity index is 286. The van der Waals surface area contributed by atoms with E-state index in [1.165, 1.54) is 34.4 Å². The smallest absolute Gasteiger partial charge is 0.103 e. The fourth-order valence-electron chi connectivity index (χ4n) is 1.38. The molecule has 1 saturated heterocycles. The van der Waals surface area contributed by atoms with Crippen molar-refractivity contribution in [2.24, 2.45) is 5.92 Å². The predicted octanol–water partition coefficient (Wildman–Crippen LogP) is 2.21. The van der Waals surface area contributed by atoms with Gasteiger partial charge in [-0.15, -0.1) is 11.3 Å². The summed E-state index contributed by atoms with van der Waals surface area (Å²) in [5.41, 5.74) is 1.20. The molecule has 1 aromatic heterocycles. The van der Waals surface area contributed by atoms with E-state index in [1.54, 1.807) is 0 Å². The van der Waals surface area contributed by atoms with Gasteiger partial charge in [0.25, 0.3) is 0 Å². The number of hydrogen-bond donors (Lipinski definition) is 1. The topological polar surface area (TPSA) is 24.9 Å². The van der Waals surface area contributed by atoms with Crippen LogP contribution in [0.2, 0.25) is 0 Å². The van der Waals surface area contributed by atoms with E-state index in [0.29, 0.717) is 0 Å². The minimum Gasteiger partial charge on any atom is -0.316 e. The first kappa shape index (κ1) is 10.5. The van der Waals surface area contributed by atoms with Crippen molar-refractivity contribution >= 4 is 23.1 Å². The zero-order valence-electron chi connectivity index (χ0n) is 8.67. The largest absolute Gasteiger partial charge is 0.316 e. The van der Waals surface area contributed by atoms with Crippen LogP contribution in [0, 0.1) is 19.8 Å². The Labute approximate surface area is 93.5 Å². The minimum atomic E-state index is 0.905. The van der Waals surface area contributed by atoms with Gasteiger partial charge in [0.1, 0.15) is 5.01 Å². The first-order valence-electron chi connectivity index (χ1n) is 4.97. The molecule has 4 heteroatoms. The number of rotatable bonds is 4. The molecular formula is C10H16N2S2. The standard InChI is InChI=1S/C10H16N2S2/c1-7-8(2)14-10(12-7)6-13-5-9-3-11-4-9/h9,11H,3-6H2,1-2H3. The van der Waals surface area contributed by atoms with E-state index in [2.05, 4.69) is 24.1 Å². The second-order valence-corrected chi connectivity index (χ2v) is 6.11. The van der Waals surface area contributed by atoms with Crippen LogP contribution < -0.4 is 5.32 Å². The van der Waals surface area contributed by atoms with E-state index in [1.807, 2.05) is 23.1 Å². The van der Waals surface area contributed by atoms with Gasteiger partial charge in [-0.05, 0) is 38.6 Å². The van der Waals surface area contributed by atoms with Crippen LogP contribution in [-0.2, 0) is 5.75 Å². The van der Waals surface area contributed by atoms with Crippen LogP contribution in [0.25, 0.3) is 0 Å². The molecule has 0 aromatic carbocycles. The predicted molar refractivity (Wildman–Crippen MR) is 64.1 cm³/mol. The number of aromatic nitrogens is 1. The second kappa shape index (κ2) is 4.64. The van der Waals surface area contributed by atoms with Gasteiger partial charge in [0.2, 0.25) is 0 Å². The van der Waals surface area contributed by atoms with Crippen molar-refractivity contribution in [1.82, 2.24) is 10.3 Å². The quantitative estimate of drug-likeness (QED) is 0.855. The summed E-state index contributed by atoms with van der Waals surface area (Å²) in [5, 5.41) is 4.59. The number of hydrogen-bond acceptors (Lipinski definition) is 4. The zero-order valence-corrected chi connectivity index (χ0v) is 10.3. The van der Waals surface area contributed by atoms with Crippen molar-refractivity contribution in [2.75, 3.05) is 18.8 Å². The summed E-state index contributed by atoms with van der Waals surface area (Å²) >= 11 is 3.86. The first-order valence-corrected chi connectivity index (χ1v) is 6.94. The van der Waals surface area contributed by atoms with Crippen LogP contribution in [0.4, 0.5) is 0 Å². The Balaban J connectivity index is 1.74. The Morgan fingerprint density at radius 2 is 2.29 bits per heavy atom. The molecule has 1 aliphatic heterocycles. The molecule has 14 heavy (non-hydrogen) atoms. The van der Waals surface area contributed by atoms with Crippen LogP contribution in [0.15, 0.2) is 0 Å². The fourth-order valence-corrected chi connectivity index (χ4v) is 3.52. The molecule has 1 aromatic rings. The molecule has 0 spiro atoms. The number of nitrogens with one attached hydrogen (secondary N) is 1. The average molecular weight is 228 g/mol. The van der Waals surface area contributed by atoms with Crippen molar-refractivity contribution in [3.05, 3.63) is 15.6 Å². The van der Waals surface area contributed by atoms with Crippen LogP contribution in [0.3, 0.4) is 0 Å². The van der Waals surface area contributed by atoms with E-state index in [0.717, 1.165) is 11.7 Å². The summed E-state index contributed by atoms with van der Waals surface area (Å²) < 4.78 is 0. The van der Waals surface area contributed by atoms with Crippen LogP contribution >= 0.6 is 23.1 Å². The highest BCUT2D eigenvalue weighted by molar-refractivity contribution is 7.98. The molecule has 0 aliphatic carbocycles. The zero-order chi connectivity index (χ0) is 9.97. The Hall–Kier alpha value is -0.0600. The van der Waals surface area contributed by atoms with E-state index in [9.17, 15) is 0 Å². The highest BCUT2D eigenvalue weighted by atomic mass is 32.2. The Kier molecular flexibility index (Phi) is 3.47. The Morgan fingerprint density at radius 3 is 2.79 bits per heavy atom. The monoisotopic (exact) mass is 228 g/mol. The van der Waals surface area contributed by atoms with Gasteiger partial charge in [0.15, 0.2) is 0 Å². The van der Waals surface area contributed by atoms with Crippen molar-refractivity contribution in [1.29, 1.82) is 0 Å². The molecule has 0 unspecified atom stereocenters. The van der Waals surface area contributed by atoms with Gasteiger partial charge in [-0.1, -0.05) is 0 Å². The third-order valence-corrected chi connectivity index (χ3v) is 4.96. The maximum absolute atomic E-state index is 4.53. The fraction of sp³-hybridized carbons (Fsp3) is 0.700. The minimum absolute atomic E-state index is 0.905. The number of aryl methyl sites for hydroxylation is 2. The third kappa shape index (κ3) is 2.49. The lowest BCUT2D eigenvalue weighted by Gasteiger charge is -2.26. The molecule has 0 atom stereocenters. The van der Waals surface area contributed by atoms with Crippen LogP contribution in [0.5, 0.6) is 0 Å². The molecular weight excluding hydrogens is 212 g/mol. The summed E-state index contributed by atoms with van der Waals surface area (Å²) in [4.78, 5) is 5.90. The van der Waals surface area contributed by atoms with E-state index in [-0.39, 0.29) is 0 Å². The van der Waals surface area contributed by atoms with Crippen molar-refractivity contribution in [3.63, 3.8) is 0 Å². The summed E-state index contributed by atoms with van der Waals surface area (Å²) in [6.45, 7) is 6.67. The van der Waals surface area contributed by atoms with Gasteiger partial charge < -0.3 is 5.32 Å². The molecule has 2 heterocycles. The first-order chi connectivity index (χ1) is 6.75. The van der Waals surface area contributed by atoms with Crippen molar-refractivity contribution < 1.29 is 0 Å². The van der Waals surface area contributed by atoms with E-state index >= 15 is 0 Å².